The summed E-state index contributed by atoms with van der Waals surface area (Å²) in [6, 6.07) is 3.87. The smallest absolute Gasteiger partial charge is 0.323 e. The number of halogens is 2. The summed E-state index contributed by atoms with van der Waals surface area (Å²) in [6.45, 7) is 1.22. The van der Waals surface area contributed by atoms with Crippen LogP contribution in [0.2, 0.25) is 0 Å². The van der Waals surface area contributed by atoms with Crippen molar-refractivity contribution in [1.29, 1.82) is 0 Å². The van der Waals surface area contributed by atoms with E-state index in [-0.39, 0.29) is 18.5 Å². The number of nitrogens with zero attached hydrogens (tertiary/aromatic N) is 1. The van der Waals surface area contributed by atoms with Gasteiger partial charge in [-0.3, -0.25) is 9.59 Å². The Balaban J connectivity index is 2.05. The summed E-state index contributed by atoms with van der Waals surface area (Å²) >= 11 is 3.16. The van der Waals surface area contributed by atoms with Crippen LogP contribution < -0.4 is 4.74 Å². The van der Waals surface area contributed by atoms with Crippen LogP contribution in [0.5, 0.6) is 5.75 Å². The number of carbonyl (C=O) groups excluding carboxylic acids is 1. The van der Waals surface area contributed by atoms with Gasteiger partial charge in [0.15, 0.2) is 6.10 Å². The van der Waals surface area contributed by atoms with E-state index in [4.69, 9.17) is 9.84 Å². The molecule has 0 aromatic heterocycles. The van der Waals surface area contributed by atoms with Crippen LogP contribution >= 0.6 is 15.9 Å². The Morgan fingerprint density at radius 1 is 1.52 bits per heavy atom. The molecule has 1 aromatic rings. The van der Waals surface area contributed by atoms with E-state index in [1.54, 1.807) is 6.92 Å². The van der Waals surface area contributed by atoms with E-state index in [9.17, 15) is 14.0 Å². The molecule has 1 aliphatic carbocycles. The average molecular weight is 360 g/mol. The lowest BCUT2D eigenvalue weighted by Gasteiger charge is -2.24. The van der Waals surface area contributed by atoms with Crippen LogP contribution in [0.4, 0.5) is 4.39 Å². The lowest BCUT2D eigenvalue weighted by Crippen LogP contribution is -2.44. The maximum atomic E-state index is 13.0. The molecule has 0 spiro atoms. The lowest BCUT2D eigenvalue weighted by atomic mass is 10.3. The highest BCUT2D eigenvalue weighted by Crippen LogP contribution is 2.29. The summed E-state index contributed by atoms with van der Waals surface area (Å²) in [4.78, 5) is 24.4. The van der Waals surface area contributed by atoms with E-state index >= 15 is 0 Å². The third kappa shape index (κ3) is 4.17. The van der Waals surface area contributed by atoms with Crippen LogP contribution in [-0.4, -0.2) is 40.6 Å². The van der Waals surface area contributed by atoms with Crippen LogP contribution in [0.25, 0.3) is 0 Å². The van der Waals surface area contributed by atoms with Crippen molar-refractivity contribution in [3.8, 4) is 5.75 Å². The molecule has 0 heterocycles. The van der Waals surface area contributed by atoms with E-state index in [2.05, 4.69) is 15.9 Å². The fourth-order valence-corrected chi connectivity index (χ4v) is 2.41. The first kappa shape index (κ1) is 15.8. The summed E-state index contributed by atoms with van der Waals surface area (Å²) in [5.41, 5.74) is 0. The standard InChI is InChI=1S/C14H15BrFNO4/c1-8(21-12-5-2-9(16)6-11(12)15)14(20)17(7-13(18)19)10-3-4-10/h2,5-6,8,10H,3-4,7H2,1H3,(H,18,19). The fourth-order valence-electron chi connectivity index (χ4n) is 1.96. The summed E-state index contributed by atoms with van der Waals surface area (Å²) < 4.78 is 18.9. The zero-order valence-corrected chi connectivity index (χ0v) is 13.0. The molecule has 5 nitrogen and oxygen atoms in total. The van der Waals surface area contributed by atoms with Gasteiger partial charge < -0.3 is 14.7 Å². The molecule has 0 radical (unpaired) electrons. The Bertz CT molecular complexity index is 562. The van der Waals surface area contributed by atoms with Gasteiger partial charge >= 0.3 is 5.97 Å². The van der Waals surface area contributed by atoms with Gasteiger partial charge in [-0.2, -0.15) is 0 Å². The highest BCUT2D eigenvalue weighted by molar-refractivity contribution is 9.10. The second-order valence-electron chi connectivity index (χ2n) is 4.93. The minimum atomic E-state index is -1.05. The van der Waals surface area contributed by atoms with Gasteiger partial charge in [0.2, 0.25) is 0 Å². The number of hydrogen-bond acceptors (Lipinski definition) is 3. The van der Waals surface area contributed by atoms with Gasteiger partial charge in [-0.25, -0.2) is 4.39 Å². The zero-order valence-electron chi connectivity index (χ0n) is 11.4. The Labute approximate surface area is 129 Å². The van der Waals surface area contributed by atoms with Gasteiger partial charge in [0.1, 0.15) is 18.1 Å². The molecule has 1 atom stereocenters. The highest BCUT2D eigenvalue weighted by Gasteiger charge is 2.36. The molecule has 1 saturated carbocycles. The number of carboxylic acids is 1. The second-order valence-corrected chi connectivity index (χ2v) is 5.78. The van der Waals surface area contributed by atoms with Crippen LogP contribution in [0, 0.1) is 5.82 Å². The molecule has 1 aromatic carbocycles. The molecule has 21 heavy (non-hydrogen) atoms. The van der Waals surface area contributed by atoms with Gasteiger partial charge in [-0.1, -0.05) is 0 Å². The first-order valence-electron chi connectivity index (χ1n) is 6.52. The van der Waals surface area contributed by atoms with Crippen molar-refractivity contribution >= 4 is 27.8 Å². The monoisotopic (exact) mass is 359 g/mol. The number of carbonyl (C=O) groups is 2. The number of aliphatic carboxylic acids is 1. The normalized spacial score (nSPS) is 15.4. The zero-order chi connectivity index (χ0) is 15.6. The van der Waals surface area contributed by atoms with Crippen LogP contribution in [-0.2, 0) is 9.59 Å². The Morgan fingerprint density at radius 3 is 2.71 bits per heavy atom. The molecule has 0 bridgehead atoms. The molecule has 114 valence electrons. The van der Waals surface area contributed by atoms with E-state index in [0.29, 0.717) is 10.2 Å². The lowest BCUT2D eigenvalue weighted by molar-refractivity contribution is -0.148. The Morgan fingerprint density at radius 2 is 2.19 bits per heavy atom. The van der Waals surface area contributed by atoms with E-state index in [1.807, 2.05) is 0 Å². The SMILES string of the molecule is CC(Oc1ccc(F)cc1Br)C(=O)N(CC(=O)O)C1CC1. The fraction of sp³-hybridized carbons (Fsp3) is 0.429. The molecule has 7 heteroatoms. The van der Waals surface area contributed by atoms with Gasteiger partial charge in [0.05, 0.1) is 4.47 Å². The van der Waals surface area contributed by atoms with Crippen molar-refractivity contribution in [3.63, 3.8) is 0 Å². The first-order valence-corrected chi connectivity index (χ1v) is 7.31. The van der Waals surface area contributed by atoms with Gasteiger partial charge in [-0.05, 0) is 53.9 Å². The minimum Gasteiger partial charge on any atom is -0.480 e. The number of ether oxygens (including phenoxy) is 1. The topological polar surface area (TPSA) is 66.8 Å². The van der Waals surface area contributed by atoms with Gasteiger partial charge in [-0.15, -0.1) is 0 Å². The molecular weight excluding hydrogens is 345 g/mol. The van der Waals surface area contributed by atoms with Crippen LogP contribution in [0.3, 0.4) is 0 Å². The van der Waals surface area contributed by atoms with E-state index < -0.39 is 17.9 Å². The summed E-state index contributed by atoms with van der Waals surface area (Å²) in [5.74, 6) is -1.51. The molecule has 1 N–H and O–H groups in total. The predicted octanol–water partition coefficient (Wildman–Crippen LogP) is 2.43. The molecule has 1 amide bonds. The van der Waals surface area contributed by atoms with Crippen molar-refractivity contribution in [2.75, 3.05) is 6.54 Å². The summed E-state index contributed by atoms with van der Waals surface area (Å²) in [6.07, 6.45) is 0.782. The van der Waals surface area contributed by atoms with Crippen molar-refractivity contribution in [2.24, 2.45) is 0 Å². The molecule has 1 unspecified atom stereocenters. The van der Waals surface area contributed by atoms with Crippen molar-refractivity contribution in [3.05, 3.63) is 28.5 Å². The average Bonchev–Trinajstić information content (AvgIpc) is 3.22. The molecule has 0 aliphatic heterocycles. The van der Waals surface area contributed by atoms with Gasteiger partial charge in [0.25, 0.3) is 5.91 Å². The summed E-state index contributed by atoms with van der Waals surface area (Å²) in [5, 5.41) is 8.87. The number of benzene rings is 1. The van der Waals surface area contributed by atoms with Crippen molar-refractivity contribution in [2.45, 2.75) is 31.9 Å². The van der Waals surface area contributed by atoms with Crippen LogP contribution in [0.1, 0.15) is 19.8 Å². The molecule has 1 aliphatic rings. The Kier molecular flexibility index (Phi) is 4.82. The molecule has 1 fully saturated rings. The molecule has 0 saturated heterocycles. The van der Waals surface area contributed by atoms with Crippen molar-refractivity contribution < 1.29 is 23.8 Å². The molecule has 2 rings (SSSR count). The second kappa shape index (κ2) is 6.43. The quantitative estimate of drug-likeness (QED) is 0.846. The highest BCUT2D eigenvalue weighted by atomic mass is 79.9. The third-order valence-corrected chi connectivity index (χ3v) is 3.74. The largest absolute Gasteiger partial charge is 0.480 e. The summed E-state index contributed by atoms with van der Waals surface area (Å²) in [7, 11) is 0. The number of carboxylic acid groups (broad SMARTS) is 1. The third-order valence-electron chi connectivity index (χ3n) is 3.12. The van der Waals surface area contributed by atoms with E-state index in [1.165, 1.54) is 23.1 Å². The van der Waals surface area contributed by atoms with Gasteiger partial charge in [0, 0.05) is 6.04 Å². The first-order chi connectivity index (χ1) is 9.88. The Hall–Kier alpha value is -1.63. The number of hydrogen-bond donors (Lipinski definition) is 1. The van der Waals surface area contributed by atoms with E-state index in [0.717, 1.165) is 12.8 Å². The number of rotatable bonds is 6. The number of amides is 1. The molecular formula is C14H15BrFNO4. The van der Waals surface area contributed by atoms with Crippen LogP contribution in [0.15, 0.2) is 22.7 Å². The predicted molar refractivity (Wildman–Crippen MR) is 76.6 cm³/mol. The maximum Gasteiger partial charge on any atom is 0.323 e. The minimum absolute atomic E-state index is 0.0173. The maximum absolute atomic E-state index is 13.0. The van der Waals surface area contributed by atoms with Crippen molar-refractivity contribution in [1.82, 2.24) is 4.90 Å².